The lowest BCUT2D eigenvalue weighted by Crippen LogP contribution is -2.48. The third-order valence-corrected chi connectivity index (χ3v) is 3.37. The fourth-order valence-electron chi connectivity index (χ4n) is 2.41. The minimum Gasteiger partial charge on any atom is -0.315 e. The highest BCUT2D eigenvalue weighted by molar-refractivity contribution is 5.90. The van der Waals surface area contributed by atoms with Crippen molar-refractivity contribution in [3.8, 4) is 0 Å². The Morgan fingerprint density at radius 3 is 2.94 bits per heavy atom. The van der Waals surface area contributed by atoms with Gasteiger partial charge in [-0.15, -0.1) is 0 Å². The molecule has 1 fully saturated rings. The summed E-state index contributed by atoms with van der Waals surface area (Å²) >= 11 is 0. The number of rotatable bonds is 1. The van der Waals surface area contributed by atoms with E-state index in [1.807, 2.05) is 0 Å². The maximum absolute atomic E-state index is 13.1. The van der Waals surface area contributed by atoms with Gasteiger partial charge in [-0.2, -0.15) is 0 Å². The topological polar surface area (TPSA) is 43.1 Å². The predicted molar refractivity (Wildman–Crippen MR) is 60.3 cm³/mol. The van der Waals surface area contributed by atoms with Crippen LogP contribution in [0.5, 0.6) is 0 Å². The molecule has 1 aliphatic carbocycles. The number of benzene rings is 1. The fourth-order valence-corrected chi connectivity index (χ4v) is 2.41. The second-order valence-electron chi connectivity index (χ2n) is 4.75. The summed E-state index contributed by atoms with van der Waals surface area (Å²) in [4.78, 5) is 11.9. The molecule has 0 amide bonds. The van der Waals surface area contributed by atoms with Crippen LogP contribution in [0.3, 0.4) is 0 Å². The summed E-state index contributed by atoms with van der Waals surface area (Å²) in [5.74, 6) is 0.0931. The molecule has 0 heterocycles. The Balaban J connectivity index is 2.39. The van der Waals surface area contributed by atoms with Crippen LogP contribution in [0.15, 0.2) is 24.3 Å². The number of nitrogens with two attached hydrogens (primary N) is 1. The van der Waals surface area contributed by atoms with Crippen molar-refractivity contribution < 1.29 is 9.18 Å². The molecule has 86 valence electrons. The van der Waals surface area contributed by atoms with Crippen LogP contribution in [0.1, 0.15) is 31.7 Å². The molecule has 2 unspecified atom stereocenters. The van der Waals surface area contributed by atoms with E-state index in [1.54, 1.807) is 12.1 Å². The maximum atomic E-state index is 13.1. The van der Waals surface area contributed by atoms with E-state index < -0.39 is 5.54 Å². The van der Waals surface area contributed by atoms with Gasteiger partial charge in [-0.3, -0.25) is 4.79 Å². The van der Waals surface area contributed by atoms with Crippen LogP contribution in [-0.2, 0) is 10.3 Å². The van der Waals surface area contributed by atoms with E-state index in [2.05, 4.69) is 6.92 Å². The van der Waals surface area contributed by atoms with Gasteiger partial charge in [-0.1, -0.05) is 19.1 Å². The molecule has 2 N–H and O–H groups in total. The highest BCUT2D eigenvalue weighted by atomic mass is 19.1. The van der Waals surface area contributed by atoms with E-state index in [9.17, 15) is 9.18 Å². The molecule has 0 aromatic heterocycles. The van der Waals surface area contributed by atoms with Gasteiger partial charge in [0.2, 0.25) is 0 Å². The lowest BCUT2D eigenvalue weighted by Gasteiger charge is -2.35. The molecule has 2 rings (SSSR count). The molecule has 1 aliphatic rings. The third-order valence-electron chi connectivity index (χ3n) is 3.37. The monoisotopic (exact) mass is 221 g/mol. The summed E-state index contributed by atoms with van der Waals surface area (Å²) in [6, 6.07) is 6.07. The lowest BCUT2D eigenvalue weighted by molar-refractivity contribution is -0.127. The average molecular weight is 221 g/mol. The van der Waals surface area contributed by atoms with Crippen LogP contribution in [0.2, 0.25) is 0 Å². The van der Waals surface area contributed by atoms with Gasteiger partial charge in [-0.05, 0) is 36.5 Å². The van der Waals surface area contributed by atoms with Crippen LogP contribution in [0.4, 0.5) is 4.39 Å². The Morgan fingerprint density at radius 1 is 1.50 bits per heavy atom. The first kappa shape index (κ1) is 11.3. The summed E-state index contributed by atoms with van der Waals surface area (Å²) in [6.45, 7) is 2.08. The van der Waals surface area contributed by atoms with Gasteiger partial charge in [0.25, 0.3) is 0 Å². The van der Waals surface area contributed by atoms with Crippen LogP contribution >= 0.6 is 0 Å². The number of carbonyl (C=O) groups is 1. The maximum Gasteiger partial charge on any atom is 0.157 e. The molecule has 0 bridgehead atoms. The van der Waals surface area contributed by atoms with Crippen molar-refractivity contribution in [1.82, 2.24) is 0 Å². The van der Waals surface area contributed by atoms with Crippen molar-refractivity contribution in [2.45, 2.75) is 31.7 Å². The lowest BCUT2D eigenvalue weighted by atomic mass is 9.72. The minimum atomic E-state index is -0.986. The highest BCUT2D eigenvalue weighted by Gasteiger charge is 2.40. The molecule has 0 saturated heterocycles. The number of halogens is 1. The van der Waals surface area contributed by atoms with E-state index in [4.69, 9.17) is 5.73 Å². The SMILES string of the molecule is CC1CCC(=O)C(N)(c2cccc(F)c2)C1. The summed E-state index contributed by atoms with van der Waals surface area (Å²) in [6.07, 6.45) is 1.98. The average Bonchev–Trinajstić information content (AvgIpc) is 2.24. The molecular formula is C13H16FNO. The van der Waals surface area contributed by atoms with Gasteiger partial charge in [0.05, 0.1) is 0 Å². The van der Waals surface area contributed by atoms with Crippen molar-refractivity contribution in [3.05, 3.63) is 35.6 Å². The molecule has 2 nitrogen and oxygen atoms in total. The third kappa shape index (κ3) is 1.87. The second kappa shape index (κ2) is 3.98. The standard InChI is InChI=1S/C13H16FNO/c1-9-5-6-12(16)13(15,8-9)10-3-2-4-11(14)7-10/h2-4,7,9H,5-6,8,15H2,1H3. The van der Waals surface area contributed by atoms with Gasteiger partial charge in [0.15, 0.2) is 5.78 Å². The van der Waals surface area contributed by atoms with Gasteiger partial charge in [-0.25, -0.2) is 4.39 Å². The van der Waals surface area contributed by atoms with E-state index in [0.29, 0.717) is 24.3 Å². The molecular weight excluding hydrogens is 205 g/mol. The summed E-state index contributed by atoms with van der Waals surface area (Å²) in [5, 5.41) is 0. The quantitative estimate of drug-likeness (QED) is 0.791. The molecule has 16 heavy (non-hydrogen) atoms. The van der Waals surface area contributed by atoms with Gasteiger partial charge in [0.1, 0.15) is 11.4 Å². The van der Waals surface area contributed by atoms with Crippen LogP contribution in [-0.4, -0.2) is 5.78 Å². The molecule has 2 atom stereocenters. The number of carbonyl (C=O) groups excluding carboxylic acids is 1. The molecule has 3 heteroatoms. The van der Waals surface area contributed by atoms with Crippen molar-refractivity contribution >= 4 is 5.78 Å². The molecule has 1 aromatic rings. The first-order chi connectivity index (χ1) is 7.52. The van der Waals surface area contributed by atoms with Crippen LogP contribution in [0, 0.1) is 11.7 Å². The van der Waals surface area contributed by atoms with Gasteiger partial charge in [0, 0.05) is 6.42 Å². The summed E-state index contributed by atoms with van der Waals surface area (Å²) < 4.78 is 13.1. The number of hydrogen-bond donors (Lipinski definition) is 1. The van der Waals surface area contributed by atoms with Gasteiger partial charge >= 0.3 is 0 Å². The highest BCUT2D eigenvalue weighted by Crippen LogP contribution is 2.35. The van der Waals surface area contributed by atoms with Gasteiger partial charge < -0.3 is 5.73 Å². The van der Waals surface area contributed by atoms with E-state index in [1.165, 1.54) is 12.1 Å². The Kier molecular flexibility index (Phi) is 2.80. The van der Waals surface area contributed by atoms with Crippen molar-refractivity contribution in [3.63, 3.8) is 0 Å². The predicted octanol–water partition coefficient (Wildman–Crippen LogP) is 2.37. The number of hydrogen-bond acceptors (Lipinski definition) is 2. The summed E-state index contributed by atoms with van der Waals surface area (Å²) in [5.41, 5.74) is 5.78. The van der Waals surface area contributed by atoms with Crippen molar-refractivity contribution in [2.24, 2.45) is 11.7 Å². The zero-order valence-electron chi connectivity index (χ0n) is 9.37. The number of Topliss-reactive ketones (excluding diaryl/α,β-unsaturated/α-hetero) is 1. The first-order valence-electron chi connectivity index (χ1n) is 5.60. The van der Waals surface area contributed by atoms with Crippen LogP contribution in [0.25, 0.3) is 0 Å². The molecule has 1 saturated carbocycles. The Hall–Kier alpha value is -1.22. The number of ketones is 1. The van der Waals surface area contributed by atoms with E-state index in [0.717, 1.165) is 6.42 Å². The molecule has 0 aliphatic heterocycles. The zero-order chi connectivity index (χ0) is 11.8. The molecule has 0 radical (unpaired) electrons. The fraction of sp³-hybridized carbons (Fsp3) is 0.462. The van der Waals surface area contributed by atoms with E-state index >= 15 is 0 Å². The smallest absolute Gasteiger partial charge is 0.157 e. The van der Waals surface area contributed by atoms with Crippen LogP contribution < -0.4 is 5.73 Å². The molecule has 1 aromatic carbocycles. The second-order valence-corrected chi connectivity index (χ2v) is 4.75. The molecule has 0 spiro atoms. The summed E-state index contributed by atoms with van der Waals surface area (Å²) in [7, 11) is 0. The normalized spacial score (nSPS) is 30.4. The Bertz CT molecular complexity index is 418. The van der Waals surface area contributed by atoms with Crippen molar-refractivity contribution in [2.75, 3.05) is 0 Å². The minimum absolute atomic E-state index is 0.0243. The zero-order valence-corrected chi connectivity index (χ0v) is 9.37. The first-order valence-corrected chi connectivity index (χ1v) is 5.60. The Labute approximate surface area is 94.6 Å². The largest absolute Gasteiger partial charge is 0.315 e. The van der Waals surface area contributed by atoms with E-state index in [-0.39, 0.29) is 11.6 Å². The Morgan fingerprint density at radius 2 is 2.25 bits per heavy atom. The van der Waals surface area contributed by atoms with Crippen molar-refractivity contribution in [1.29, 1.82) is 0 Å².